The van der Waals surface area contributed by atoms with Crippen molar-refractivity contribution in [3.8, 4) is 0 Å². The number of nitrogens with zero attached hydrogens (tertiary/aromatic N) is 1. The minimum Gasteiger partial charge on any atom is -0.331 e. The number of rotatable bonds is 3. The minimum atomic E-state index is -0.276. The molecule has 4 nitrogen and oxygen atoms in total. The van der Waals surface area contributed by atoms with Crippen molar-refractivity contribution < 1.29 is 14.0 Å². The van der Waals surface area contributed by atoms with Crippen LogP contribution in [0.25, 0.3) is 0 Å². The van der Waals surface area contributed by atoms with E-state index in [0.29, 0.717) is 11.4 Å². The molecule has 0 spiro atoms. The number of carbonyl (C=O) groups is 2. The van der Waals surface area contributed by atoms with Crippen LogP contribution in [0.4, 0.5) is 9.39 Å². The van der Waals surface area contributed by atoms with Crippen LogP contribution in [0.15, 0.2) is 24.3 Å². The Morgan fingerprint density at radius 2 is 2.04 bits per heavy atom. The molecular formula is C20H21FN2O2S. The molecule has 2 amide bonds. The largest absolute Gasteiger partial charge is 0.331 e. The van der Waals surface area contributed by atoms with Gasteiger partial charge in [0.05, 0.1) is 15.9 Å². The van der Waals surface area contributed by atoms with Gasteiger partial charge in [-0.05, 0) is 68.0 Å². The molecule has 1 N–H and O–H groups in total. The molecule has 1 saturated carbocycles. The molecule has 1 fully saturated rings. The zero-order valence-electron chi connectivity index (χ0n) is 14.8. The standard InChI is InChI=1S/C20H21FN2O2S/c1-11-9-17(22-19(24)14-3-4-14)26-18(11)20(25)23-8-7-13-5-6-15(21)10-16(13)12(23)2/h5-6,9-10,12,14H,3-4,7-8H2,1-2H3,(H,22,24). The quantitative estimate of drug-likeness (QED) is 0.873. The van der Waals surface area contributed by atoms with E-state index in [1.807, 2.05) is 26.0 Å². The van der Waals surface area contributed by atoms with Crippen LogP contribution < -0.4 is 5.32 Å². The molecule has 6 heteroatoms. The van der Waals surface area contributed by atoms with Crippen LogP contribution in [0.2, 0.25) is 0 Å². The van der Waals surface area contributed by atoms with Gasteiger partial charge in [0.1, 0.15) is 5.82 Å². The molecule has 1 unspecified atom stereocenters. The van der Waals surface area contributed by atoms with Gasteiger partial charge in [0.15, 0.2) is 0 Å². The monoisotopic (exact) mass is 372 g/mol. The van der Waals surface area contributed by atoms with Crippen LogP contribution in [0.1, 0.15) is 52.2 Å². The Labute approximate surface area is 156 Å². The summed E-state index contributed by atoms with van der Waals surface area (Å²) in [5.74, 6) is -0.157. The highest BCUT2D eigenvalue weighted by molar-refractivity contribution is 7.18. The van der Waals surface area contributed by atoms with Crippen molar-refractivity contribution in [3.63, 3.8) is 0 Å². The van der Waals surface area contributed by atoms with E-state index in [4.69, 9.17) is 0 Å². The van der Waals surface area contributed by atoms with Gasteiger partial charge in [-0.3, -0.25) is 9.59 Å². The Morgan fingerprint density at radius 1 is 1.27 bits per heavy atom. The highest BCUT2D eigenvalue weighted by atomic mass is 32.1. The summed E-state index contributed by atoms with van der Waals surface area (Å²) in [4.78, 5) is 27.5. The van der Waals surface area contributed by atoms with E-state index < -0.39 is 0 Å². The number of amides is 2. The zero-order valence-corrected chi connectivity index (χ0v) is 15.7. The molecular weight excluding hydrogens is 351 g/mol. The Bertz CT molecular complexity index is 888. The van der Waals surface area contributed by atoms with Crippen molar-refractivity contribution in [2.45, 2.75) is 39.2 Å². The number of fused-ring (bicyclic) bond motifs is 1. The van der Waals surface area contributed by atoms with Crippen LogP contribution in [0.3, 0.4) is 0 Å². The van der Waals surface area contributed by atoms with Gasteiger partial charge in [-0.15, -0.1) is 11.3 Å². The molecule has 1 aliphatic carbocycles. The van der Waals surface area contributed by atoms with Crippen molar-refractivity contribution >= 4 is 28.2 Å². The molecule has 2 heterocycles. The molecule has 1 aromatic heterocycles. The number of nitrogens with one attached hydrogen (secondary N) is 1. The highest BCUT2D eigenvalue weighted by Gasteiger charge is 2.32. The number of anilines is 1. The summed E-state index contributed by atoms with van der Waals surface area (Å²) in [5, 5.41) is 3.64. The molecule has 0 saturated heterocycles. The Kier molecular flexibility index (Phi) is 4.31. The predicted molar refractivity (Wildman–Crippen MR) is 100.0 cm³/mol. The molecule has 1 atom stereocenters. The van der Waals surface area contributed by atoms with Gasteiger partial charge in [0, 0.05) is 12.5 Å². The molecule has 1 aliphatic heterocycles. The Morgan fingerprint density at radius 3 is 2.77 bits per heavy atom. The number of hydrogen-bond donors (Lipinski definition) is 1. The van der Waals surface area contributed by atoms with Crippen molar-refractivity contribution in [2.24, 2.45) is 5.92 Å². The maximum Gasteiger partial charge on any atom is 0.264 e. The van der Waals surface area contributed by atoms with E-state index in [1.54, 1.807) is 4.90 Å². The number of thiophene rings is 1. The van der Waals surface area contributed by atoms with E-state index in [1.165, 1.54) is 23.5 Å². The van der Waals surface area contributed by atoms with E-state index in [9.17, 15) is 14.0 Å². The summed E-state index contributed by atoms with van der Waals surface area (Å²) in [7, 11) is 0. The second-order valence-electron chi connectivity index (χ2n) is 7.15. The van der Waals surface area contributed by atoms with Gasteiger partial charge in [-0.1, -0.05) is 6.07 Å². The van der Waals surface area contributed by atoms with E-state index in [-0.39, 0.29) is 29.6 Å². The minimum absolute atomic E-state index is 0.0426. The fourth-order valence-corrected chi connectivity index (χ4v) is 4.55. The van der Waals surface area contributed by atoms with Gasteiger partial charge in [-0.25, -0.2) is 4.39 Å². The average molecular weight is 372 g/mol. The number of carbonyl (C=O) groups excluding carboxylic acids is 2. The van der Waals surface area contributed by atoms with Crippen molar-refractivity contribution in [3.05, 3.63) is 51.7 Å². The van der Waals surface area contributed by atoms with Gasteiger partial charge < -0.3 is 10.2 Å². The second-order valence-corrected chi connectivity index (χ2v) is 8.21. The number of benzene rings is 1. The topological polar surface area (TPSA) is 49.4 Å². The Balaban J connectivity index is 1.56. The maximum absolute atomic E-state index is 13.6. The normalized spacial score (nSPS) is 19.2. The number of hydrogen-bond acceptors (Lipinski definition) is 3. The molecule has 2 aromatic rings. The van der Waals surface area contributed by atoms with Crippen LogP contribution in [-0.2, 0) is 11.2 Å². The fraction of sp³-hybridized carbons (Fsp3) is 0.400. The lowest BCUT2D eigenvalue weighted by Gasteiger charge is -2.35. The number of aryl methyl sites for hydroxylation is 1. The summed E-state index contributed by atoms with van der Waals surface area (Å²) in [5.41, 5.74) is 2.84. The van der Waals surface area contributed by atoms with Crippen LogP contribution in [0.5, 0.6) is 0 Å². The molecule has 0 bridgehead atoms. The first-order chi connectivity index (χ1) is 12.4. The first kappa shape index (κ1) is 17.2. The smallest absolute Gasteiger partial charge is 0.264 e. The van der Waals surface area contributed by atoms with Gasteiger partial charge in [0.25, 0.3) is 5.91 Å². The first-order valence-corrected chi connectivity index (χ1v) is 9.76. The summed E-state index contributed by atoms with van der Waals surface area (Å²) >= 11 is 1.32. The molecule has 2 aliphatic rings. The third-order valence-electron chi connectivity index (χ3n) is 5.21. The van der Waals surface area contributed by atoms with Crippen molar-refractivity contribution in [2.75, 3.05) is 11.9 Å². The average Bonchev–Trinajstić information content (AvgIpc) is 3.39. The summed E-state index contributed by atoms with van der Waals surface area (Å²) < 4.78 is 13.6. The Hall–Kier alpha value is -2.21. The number of halogens is 1. The third-order valence-corrected chi connectivity index (χ3v) is 6.36. The maximum atomic E-state index is 13.6. The molecule has 0 radical (unpaired) electrons. The molecule has 4 rings (SSSR count). The summed E-state index contributed by atoms with van der Waals surface area (Å²) in [6.45, 7) is 4.44. The van der Waals surface area contributed by atoms with Gasteiger partial charge in [0.2, 0.25) is 5.91 Å². The van der Waals surface area contributed by atoms with Crippen molar-refractivity contribution in [1.29, 1.82) is 0 Å². The molecule has 26 heavy (non-hydrogen) atoms. The lowest BCUT2D eigenvalue weighted by atomic mass is 9.93. The summed E-state index contributed by atoms with van der Waals surface area (Å²) in [6, 6.07) is 6.50. The van der Waals surface area contributed by atoms with E-state index in [2.05, 4.69) is 5.32 Å². The first-order valence-electron chi connectivity index (χ1n) is 8.94. The van der Waals surface area contributed by atoms with Gasteiger partial charge >= 0.3 is 0 Å². The van der Waals surface area contributed by atoms with Crippen LogP contribution in [0, 0.1) is 18.7 Å². The summed E-state index contributed by atoms with van der Waals surface area (Å²) in [6.07, 6.45) is 2.62. The van der Waals surface area contributed by atoms with Crippen molar-refractivity contribution in [1.82, 2.24) is 4.90 Å². The van der Waals surface area contributed by atoms with E-state index in [0.717, 1.165) is 41.0 Å². The zero-order chi connectivity index (χ0) is 18.4. The lowest BCUT2D eigenvalue weighted by Crippen LogP contribution is -2.38. The van der Waals surface area contributed by atoms with Gasteiger partial charge in [-0.2, -0.15) is 0 Å². The van der Waals surface area contributed by atoms with Crippen LogP contribution in [-0.4, -0.2) is 23.3 Å². The predicted octanol–water partition coefficient (Wildman–Crippen LogP) is 4.30. The van der Waals surface area contributed by atoms with E-state index >= 15 is 0 Å². The third kappa shape index (κ3) is 3.14. The van der Waals surface area contributed by atoms with Crippen LogP contribution >= 0.6 is 11.3 Å². The lowest BCUT2D eigenvalue weighted by molar-refractivity contribution is -0.117. The molecule has 136 valence electrons. The second kappa shape index (κ2) is 6.50. The molecule has 1 aromatic carbocycles. The highest BCUT2D eigenvalue weighted by Crippen LogP contribution is 2.36. The fourth-order valence-electron chi connectivity index (χ4n) is 3.52. The SMILES string of the molecule is Cc1cc(NC(=O)C2CC2)sc1C(=O)N1CCc2ccc(F)cc2C1C.